The van der Waals surface area contributed by atoms with Crippen LogP contribution in [0.3, 0.4) is 0 Å². The summed E-state index contributed by atoms with van der Waals surface area (Å²) in [6, 6.07) is 8.04. The molecule has 3 nitrogen and oxygen atoms in total. The Kier molecular flexibility index (Phi) is 5.68. The highest BCUT2D eigenvalue weighted by Gasteiger charge is 2.20. The molecular formula is C15H19ClN2O. The summed E-state index contributed by atoms with van der Waals surface area (Å²) in [5.41, 5.74) is 1.15. The molecule has 0 amide bonds. The van der Waals surface area contributed by atoms with Crippen LogP contribution >= 0.6 is 11.6 Å². The molecule has 0 saturated carbocycles. The van der Waals surface area contributed by atoms with Crippen LogP contribution in [0.25, 0.3) is 0 Å². The zero-order valence-electron chi connectivity index (χ0n) is 11.2. The quantitative estimate of drug-likeness (QED) is 0.855. The van der Waals surface area contributed by atoms with Gasteiger partial charge in [-0.05, 0) is 17.7 Å². The molecule has 1 atom stereocenters. The molecule has 1 heterocycles. The number of benzene rings is 1. The molecule has 19 heavy (non-hydrogen) atoms. The van der Waals surface area contributed by atoms with E-state index < -0.39 is 0 Å². The van der Waals surface area contributed by atoms with Gasteiger partial charge in [-0.3, -0.25) is 4.90 Å². The van der Waals surface area contributed by atoms with Crippen LogP contribution in [0.1, 0.15) is 11.6 Å². The zero-order valence-corrected chi connectivity index (χ0v) is 11.9. The lowest BCUT2D eigenvalue weighted by Crippen LogP contribution is -2.44. The van der Waals surface area contributed by atoms with Crippen molar-refractivity contribution in [3.63, 3.8) is 0 Å². The summed E-state index contributed by atoms with van der Waals surface area (Å²) in [5, 5.41) is 4.11. The molecule has 0 aromatic heterocycles. The van der Waals surface area contributed by atoms with Crippen LogP contribution in [-0.2, 0) is 4.74 Å². The molecule has 0 radical (unpaired) electrons. The van der Waals surface area contributed by atoms with Gasteiger partial charge in [-0.15, -0.1) is 0 Å². The monoisotopic (exact) mass is 278 g/mol. The molecule has 1 fully saturated rings. The predicted molar refractivity (Wildman–Crippen MR) is 78.3 cm³/mol. The average Bonchev–Trinajstić information content (AvgIpc) is 2.45. The summed E-state index contributed by atoms with van der Waals surface area (Å²) in [4.78, 5) is 2.38. The first-order valence-corrected chi connectivity index (χ1v) is 6.86. The van der Waals surface area contributed by atoms with Crippen LogP contribution in [0.4, 0.5) is 0 Å². The summed E-state index contributed by atoms with van der Waals surface area (Å²) in [6.07, 6.45) is 0. The fourth-order valence-electron chi connectivity index (χ4n) is 2.21. The van der Waals surface area contributed by atoms with E-state index in [1.165, 1.54) is 0 Å². The molecule has 1 saturated heterocycles. The van der Waals surface area contributed by atoms with E-state index >= 15 is 0 Å². The zero-order chi connectivity index (χ0) is 13.5. The minimum atomic E-state index is 0.0935. The van der Waals surface area contributed by atoms with Gasteiger partial charge in [0.15, 0.2) is 0 Å². The third-order valence-corrected chi connectivity index (χ3v) is 3.37. The number of hydrogen-bond acceptors (Lipinski definition) is 3. The lowest BCUT2D eigenvalue weighted by Gasteiger charge is -2.32. The Bertz CT molecular complexity index is 461. The van der Waals surface area contributed by atoms with E-state index in [9.17, 15) is 0 Å². The van der Waals surface area contributed by atoms with Crippen molar-refractivity contribution in [3.8, 4) is 11.8 Å². The molecule has 102 valence electrons. The first kappa shape index (κ1) is 14.4. The molecule has 1 aromatic carbocycles. The predicted octanol–water partition coefficient (Wildman–Crippen LogP) is 1.94. The van der Waals surface area contributed by atoms with Gasteiger partial charge in [0.2, 0.25) is 0 Å². The maximum atomic E-state index is 6.09. The Morgan fingerprint density at radius 2 is 2.21 bits per heavy atom. The minimum Gasteiger partial charge on any atom is -0.372 e. The van der Waals surface area contributed by atoms with Gasteiger partial charge in [0.25, 0.3) is 0 Å². The second-order valence-electron chi connectivity index (χ2n) is 4.50. The number of rotatable bonds is 3. The Labute approximate surface area is 119 Å². The van der Waals surface area contributed by atoms with Crippen LogP contribution in [0.5, 0.6) is 0 Å². The van der Waals surface area contributed by atoms with E-state index in [4.69, 9.17) is 16.3 Å². The van der Waals surface area contributed by atoms with Gasteiger partial charge in [-0.25, -0.2) is 0 Å². The number of ether oxygens (including phenoxy) is 1. The van der Waals surface area contributed by atoms with E-state index in [1.54, 1.807) is 7.11 Å². The highest BCUT2D eigenvalue weighted by Crippen LogP contribution is 2.23. The van der Waals surface area contributed by atoms with Crippen LogP contribution in [0, 0.1) is 11.8 Å². The fourth-order valence-corrected chi connectivity index (χ4v) is 2.41. The van der Waals surface area contributed by atoms with Crippen molar-refractivity contribution in [2.45, 2.75) is 6.04 Å². The third-order valence-electron chi connectivity index (χ3n) is 3.14. The van der Waals surface area contributed by atoms with Gasteiger partial charge in [0.1, 0.15) is 6.61 Å². The van der Waals surface area contributed by atoms with Gasteiger partial charge < -0.3 is 10.1 Å². The molecule has 1 unspecified atom stereocenters. The SMILES string of the molecule is COCC#CC(c1cccc(Cl)c1)N1CCNCC1. The third kappa shape index (κ3) is 4.22. The van der Waals surface area contributed by atoms with Crippen molar-refractivity contribution in [3.05, 3.63) is 34.9 Å². The summed E-state index contributed by atoms with van der Waals surface area (Å²) in [5.74, 6) is 6.37. The van der Waals surface area contributed by atoms with E-state index in [0.29, 0.717) is 6.61 Å². The standard InChI is InChI=1S/C15H19ClN2O/c1-19-11-3-6-15(18-9-7-17-8-10-18)13-4-2-5-14(16)12-13/h2,4-5,12,15,17H,7-11H2,1H3. The molecule has 4 heteroatoms. The molecular weight excluding hydrogens is 260 g/mol. The van der Waals surface area contributed by atoms with E-state index in [1.807, 2.05) is 18.2 Å². The number of nitrogens with zero attached hydrogens (tertiary/aromatic N) is 1. The normalized spacial score (nSPS) is 17.6. The Balaban J connectivity index is 2.20. The van der Waals surface area contributed by atoms with Crippen molar-refractivity contribution in [2.75, 3.05) is 39.9 Å². The van der Waals surface area contributed by atoms with Gasteiger partial charge >= 0.3 is 0 Å². The van der Waals surface area contributed by atoms with E-state index in [2.05, 4.69) is 28.1 Å². The second-order valence-corrected chi connectivity index (χ2v) is 4.93. The molecule has 1 aliphatic heterocycles. The van der Waals surface area contributed by atoms with Gasteiger partial charge in [-0.2, -0.15) is 0 Å². The van der Waals surface area contributed by atoms with Crippen molar-refractivity contribution in [1.29, 1.82) is 0 Å². The number of hydrogen-bond donors (Lipinski definition) is 1. The number of piperazine rings is 1. The lowest BCUT2D eigenvalue weighted by atomic mass is 10.0. The molecule has 0 bridgehead atoms. The first-order chi connectivity index (χ1) is 9.31. The molecule has 1 aliphatic rings. The minimum absolute atomic E-state index is 0.0935. The summed E-state index contributed by atoms with van der Waals surface area (Å²) < 4.78 is 5.01. The second kappa shape index (κ2) is 7.52. The summed E-state index contributed by atoms with van der Waals surface area (Å²) in [6.45, 7) is 4.47. The summed E-state index contributed by atoms with van der Waals surface area (Å²) >= 11 is 6.09. The van der Waals surface area contributed by atoms with E-state index in [-0.39, 0.29) is 6.04 Å². The smallest absolute Gasteiger partial charge is 0.107 e. The Hall–Kier alpha value is -1.05. The van der Waals surface area contributed by atoms with Crippen molar-refractivity contribution in [2.24, 2.45) is 0 Å². The van der Waals surface area contributed by atoms with Crippen LogP contribution in [0.15, 0.2) is 24.3 Å². The Morgan fingerprint density at radius 3 is 2.89 bits per heavy atom. The van der Waals surface area contributed by atoms with Crippen molar-refractivity contribution >= 4 is 11.6 Å². The topological polar surface area (TPSA) is 24.5 Å². The highest BCUT2D eigenvalue weighted by atomic mass is 35.5. The molecule has 0 aliphatic carbocycles. The van der Waals surface area contributed by atoms with Crippen molar-refractivity contribution in [1.82, 2.24) is 10.2 Å². The fraction of sp³-hybridized carbons (Fsp3) is 0.467. The Morgan fingerprint density at radius 1 is 1.42 bits per heavy atom. The molecule has 0 spiro atoms. The average molecular weight is 279 g/mol. The van der Waals surface area contributed by atoms with Crippen LogP contribution in [0.2, 0.25) is 5.02 Å². The number of nitrogens with one attached hydrogen (secondary N) is 1. The van der Waals surface area contributed by atoms with E-state index in [0.717, 1.165) is 36.8 Å². The maximum absolute atomic E-state index is 6.09. The highest BCUT2D eigenvalue weighted by molar-refractivity contribution is 6.30. The van der Waals surface area contributed by atoms with Gasteiger partial charge in [-0.1, -0.05) is 35.6 Å². The number of halogens is 1. The van der Waals surface area contributed by atoms with Gasteiger partial charge in [0, 0.05) is 38.3 Å². The first-order valence-electron chi connectivity index (χ1n) is 6.49. The van der Waals surface area contributed by atoms with Crippen molar-refractivity contribution < 1.29 is 4.74 Å². The summed E-state index contributed by atoms with van der Waals surface area (Å²) in [7, 11) is 1.66. The maximum Gasteiger partial charge on any atom is 0.107 e. The number of methoxy groups -OCH3 is 1. The lowest BCUT2D eigenvalue weighted by molar-refractivity contribution is 0.208. The molecule has 2 rings (SSSR count). The molecule has 1 aromatic rings. The van der Waals surface area contributed by atoms with Crippen LogP contribution in [-0.4, -0.2) is 44.8 Å². The largest absolute Gasteiger partial charge is 0.372 e. The molecule has 1 N–H and O–H groups in total. The van der Waals surface area contributed by atoms with Crippen LogP contribution < -0.4 is 5.32 Å². The van der Waals surface area contributed by atoms with Gasteiger partial charge in [0.05, 0.1) is 6.04 Å².